The summed E-state index contributed by atoms with van der Waals surface area (Å²) in [6.07, 6.45) is 2.03. The lowest BCUT2D eigenvalue weighted by Gasteiger charge is -2.20. The fourth-order valence-corrected chi connectivity index (χ4v) is 3.49. The van der Waals surface area contributed by atoms with Crippen molar-refractivity contribution in [2.75, 3.05) is 0 Å². The molecule has 0 N–H and O–H groups in total. The predicted molar refractivity (Wildman–Crippen MR) is 103 cm³/mol. The van der Waals surface area contributed by atoms with Crippen LogP contribution in [0.1, 0.15) is 43.0 Å². The first-order valence-corrected chi connectivity index (χ1v) is 8.81. The van der Waals surface area contributed by atoms with Gasteiger partial charge >= 0.3 is 0 Å². The molecule has 1 heterocycles. The van der Waals surface area contributed by atoms with Gasteiger partial charge < -0.3 is 0 Å². The fourth-order valence-electron chi connectivity index (χ4n) is 3.49. The molecule has 0 fully saturated rings. The van der Waals surface area contributed by atoms with Gasteiger partial charge in [0.25, 0.3) is 0 Å². The molecule has 0 saturated heterocycles. The van der Waals surface area contributed by atoms with Crippen molar-refractivity contribution in [3.63, 3.8) is 0 Å². The predicted octanol–water partition coefficient (Wildman–Crippen LogP) is 5.69. The molecular formula is C23H27FN+. The van der Waals surface area contributed by atoms with E-state index in [9.17, 15) is 0 Å². The van der Waals surface area contributed by atoms with Crippen LogP contribution in [0.4, 0.5) is 4.39 Å². The highest BCUT2D eigenvalue weighted by molar-refractivity contribution is 5.94. The minimum atomic E-state index is -0.119. The molecule has 1 aromatic heterocycles. The number of hydrogen-bond donors (Lipinski definition) is 0. The Morgan fingerprint density at radius 1 is 0.920 bits per heavy atom. The van der Waals surface area contributed by atoms with Gasteiger partial charge in [-0.15, -0.1) is 0 Å². The quantitative estimate of drug-likeness (QED) is 0.502. The Morgan fingerprint density at radius 2 is 1.60 bits per heavy atom. The Kier molecular flexibility index (Phi) is 4.18. The van der Waals surface area contributed by atoms with E-state index in [0.717, 1.165) is 27.6 Å². The maximum Gasteiger partial charge on any atom is 0.223 e. The summed E-state index contributed by atoms with van der Waals surface area (Å²) in [5.41, 5.74) is 5.86. The molecule has 0 aliphatic heterocycles. The van der Waals surface area contributed by atoms with E-state index in [1.165, 1.54) is 5.56 Å². The summed E-state index contributed by atoms with van der Waals surface area (Å²) in [5, 5.41) is 2.24. The second kappa shape index (κ2) is 5.94. The minimum Gasteiger partial charge on any atom is -0.206 e. The van der Waals surface area contributed by atoms with Crippen LogP contribution in [0.5, 0.6) is 0 Å². The standard InChI is InChI=1S/C23H27FN/c1-14-12-15(2)21(24)20(16(14)3)22-19-9-8-18(23(4,5)6)13-17(19)10-11-25(22)7/h8-13H,1-7H3/q+1. The molecule has 3 rings (SSSR count). The third kappa shape index (κ3) is 2.95. The van der Waals surface area contributed by atoms with E-state index in [2.05, 4.69) is 45.0 Å². The molecule has 3 aromatic rings. The second-order valence-electron chi connectivity index (χ2n) is 8.15. The zero-order valence-electron chi connectivity index (χ0n) is 16.3. The van der Waals surface area contributed by atoms with E-state index in [0.29, 0.717) is 11.1 Å². The van der Waals surface area contributed by atoms with Crippen LogP contribution >= 0.6 is 0 Å². The van der Waals surface area contributed by atoms with Crippen molar-refractivity contribution in [2.45, 2.75) is 47.0 Å². The lowest BCUT2D eigenvalue weighted by Crippen LogP contribution is -2.31. The Labute approximate surface area is 150 Å². The van der Waals surface area contributed by atoms with Crippen LogP contribution < -0.4 is 4.57 Å². The number of halogens is 1. The summed E-state index contributed by atoms with van der Waals surface area (Å²) in [4.78, 5) is 0. The van der Waals surface area contributed by atoms with Crippen molar-refractivity contribution >= 4 is 10.8 Å². The lowest BCUT2D eigenvalue weighted by molar-refractivity contribution is -0.659. The van der Waals surface area contributed by atoms with E-state index < -0.39 is 0 Å². The number of benzene rings is 2. The number of aromatic nitrogens is 1. The van der Waals surface area contributed by atoms with E-state index in [1.807, 2.05) is 44.6 Å². The van der Waals surface area contributed by atoms with Gasteiger partial charge in [-0.1, -0.05) is 39.0 Å². The zero-order valence-corrected chi connectivity index (χ0v) is 16.3. The van der Waals surface area contributed by atoms with Crippen LogP contribution in [0.3, 0.4) is 0 Å². The van der Waals surface area contributed by atoms with Gasteiger partial charge in [-0.2, -0.15) is 0 Å². The Morgan fingerprint density at radius 3 is 2.24 bits per heavy atom. The van der Waals surface area contributed by atoms with E-state index in [-0.39, 0.29) is 11.2 Å². The first-order valence-electron chi connectivity index (χ1n) is 8.81. The summed E-state index contributed by atoms with van der Waals surface area (Å²) in [6, 6.07) is 10.6. The van der Waals surface area contributed by atoms with Crippen molar-refractivity contribution in [2.24, 2.45) is 7.05 Å². The van der Waals surface area contributed by atoms with E-state index in [1.54, 1.807) is 0 Å². The summed E-state index contributed by atoms with van der Waals surface area (Å²) >= 11 is 0. The molecule has 25 heavy (non-hydrogen) atoms. The van der Waals surface area contributed by atoms with Gasteiger partial charge in [-0.3, -0.25) is 0 Å². The topological polar surface area (TPSA) is 3.88 Å². The monoisotopic (exact) mass is 336 g/mol. The van der Waals surface area contributed by atoms with Crippen molar-refractivity contribution < 1.29 is 8.96 Å². The maximum atomic E-state index is 15.1. The van der Waals surface area contributed by atoms with Crippen LogP contribution in [0.2, 0.25) is 0 Å². The first kappa shape index (κ1) is 17.6. The summed E-state index contributed by atoms with van der Waals surface area (Å²) in [6.45, 7) is 12.5. The molecule has 2 aromatic carbocycles. The van der Waals surface area contributed by atoms with Crippen LogP contribution in [0.15, 0.2) is 36.5 Å². The fraction of sp³-hybridized carbons (Fsp3) is 0.348. The van der Waals surface area contributed by atoms with Crippen LogP contribution in [0.25, 0.3) is 22.0 Å². The minimum absolute atomic E-state index is 0.0907. The number of aryl methyl sites for hydroxylation is 3. The highest BCUT2D eigenvalue weighted by Crippen LogP contribution is 2.34. The summed E-state index contributed by atoms with van der Waals surface area (Å²) in [5.74, 6) is -0.119. The van der Waals surface area contributed by atoms with Crippen molar-refractivity contribution in [1.29, 1.82) is 0 Å². The van der Waals surface area contributed by atoms with Gasteiger partial charge in [0.2, 0.25) is 5.69 Å². The third-order valence-corrected chi connectivity index (χ3v) is 5.21. The van der Waals surface area contributed by atoms with Crippen molar-refractivity contribution in [1.82, 2.24) is 0 Å². The summed E-state index contributed by atoms with van der Waals surface area (Å²) in [7, 11) is 1.99. The van der Waals surface area contributed by atoms with Crippen LogP contribution in [0, 0.1) is 26.6 Å². The zero-order chi connectivity index (χ0) is 18.5. The SMILES string of the molecule is Cc1cc(C)c(F)c(-c2c3ccc(C(C)(C)C)cc3cc[n+]2C)c1C. The van der Waals surface area contributed by atoms with Gasteiger partial charge in [0.1, 0.15) is 12.9 Å². The van der Waals surface area contributed by atoms with Gasteiger partial charge in [0.05, 0.1) is 10.9 Å². The van der Waals surface area contributed by atoms with Gasteiger partial charge in [-0.25, -0.2) is 8.96 Å². The van der Waals surface area contributed by atoms with E-state index >= 15 is 4.39 Å². The first-order chi connectivity index (χ1) is 11.6. The number of nitrogens with zero attached hydrogens (tertiary/aromatic N) is 1. The number of hydrogen-bond acceptors (Lipinski definition) is 0. The van der Waals surface area contributed by atoms with E-state index in [4.69, 9.17) is 0 Å². The molecule has 0 aliphatic carbocycles. The molecule has 0 saturated carbocycles. The molecule has 1 nitrogen and oxygen atoms in total. The largest absolute Gasteiger partial charge is 0.223 e. The average molecular weight is 336 g/mol. The van der Waals surface area contributed by atoms with Gasteiger partial charge in [-0.05, 0) is 59.9 Å². The molecule has 0 radical (unpaired) electrons. The smallest absolute Gasteiger partial charge is 0.206 e. The molecule has 130 valence electrons. The number of rotatable bonds is 1. The summed E-state index contributed by atoms with van der Waals surface area (Å²) < 4.78 is 17.1. The highest BCUT2D eigenvalue weighted by atomic mass is 19.1. The number of pyridine rings is 1. The normalized spacial score (nSPS) is 12.0. The molecular weight excluding hydrogens is 309 g/mol. The molecule has 0 spiro atoms. The average Bonchev–Trinajstić information content (AvgIpc) is 2.53. The van der Waals surface area contributed by atoms with Crippen LogP contribution in [-0.4, -0.2) is 0 Å². The second-order valence-corrected chi connectivity index (χ2v) is 8.15. The number of fused-ring (bicyclic) bond motifs is 1. The Bertz CT molecular complexity index is 952. The third-order valence-electron chi connectivity index (χ3n) is 5.21. The Hall–Kier alpha value is -2.22. The van der Waals surface area contributed by atoms with Crippen LogP contribution in [-0.2, 0) is 12.5 Å². The van der Waals surface area contributed by atoms with Crippen molar-refractivity contribution in [3.05, 3.63) is 64.6 Å². The molecule has 0 amide bonds. The lowest BCUT2D eigenvalue weighted by atomic mass is 9.85. The molecule has 0 atom stereocenters. The molecule has 0 aliphatic rings. The van der Waals surface area contributed by atoms with Crippen molar-refractivity contribution in [3.8, 4) is 11.3 Å². The molecule has 2 heteroatoms. The van der Waals surface area contributed by atoms with Gasteiger partial charge in [0, 0.05) is 6.07 Å². The van der Waals surface area contributed by atoms with Gasteiger partial charge in [0.15, 0.2) is 6.20 Å². The highest BCUT2D eigenvalue weighted by Gasteiger charge is 2.24. The molecule has 0 bridgehead atoms. The molecule has 0 unspecified atom stereocenters. The Balaban J connectivity index is 2.40. The maximum absolute atomic E-state index is 15.1.